The summed E-state index contributed by atoms with van der Waals surface area (Å²) in [6.45, 7) is 3.75. The van der Waals surface area contributed by atoms with Crippen LogP contribution < -0.4 is 5.32 Å². The van der Waals surface area contributed by atoms with Crippen LogP contribution >= 0.6 is 0 Å². The summed E-state index contributed by atoms with van der Waals surface area (Å²) in [4.78, 5) is 22.8. The number of amides is 1. The van der Waals surface area contributed by atoms with Gasteiger partial charge in [0.15, 0.2) is 5.78 Å². The zero-order chi connectivity index (χ0) is 11.0. The molecule has 0 bridgehead atoms. The topological polar surface area (TPSA) is 46.2 Å². The lowest BCUT2D eigenvalue weighted by Gasteiger charge is -2.05. The zero-order valence-corrected chi connectivity index (χ0v) is 8.83. The minimum Gasteiger partial charge on any atom is -0.326 e. The third-order valence-electron chi connectivity index (χ3n) is 2.54. The fourth-order valence-electron chi connectivity index (χ4n) is 1.72. The first-order valence-corrected chi connectivity index (χ1v) is 5.05. The van der Waals surface area contributed by atoms with Crippen LogP contribution in [0.15, 0.2) is 18.2 Å². The molecule has 0 atom stereocenters. The third kappa shape index (κ3) is 1.77. The van der Waals surface area contributed by atoms with Crippen molar-refractivity contribution in [3.8, 4) is 0 Å². The molecule has 80 valence electrons. The van der Waals surface area contributed by atoms with Gasteiger partial charge >= 0.3 is 0 Å². The van der Waals surface area contributed by atoms with Gasteiger partial charge in [-0.15, -0.1) is 0 Å². The molecule has 0 fully saturated rings. The Bertz CT molecular complexity index is 441. The number of ketones is 1. The van der Waals surface area contributed by atoms with E-state index in [-0.39, 0.29) is 19.0 Å². The van der Waals surface area contributed by atoms with E-state index in [0.29, 0.717) is 12.0 Å². The third-order valence-corrected chi connectivity index (χ3v) is 2.54. The second-order valence-corrected chi connectivity index (χ2v) is 4.12. The van der Waals surface area contributed by atoms with E-state index >= 15 is 0 Å². The molecule has 15 heavy (non-hydrogen) atoms. The number of rotatable bonds is 2. The molecule has 2 rings (SSSR count). The molecule has 3 heteroatoms. The van der Waals surface area contributed by atoms with Gasteiger partial charge < -0.3 is 5.32 Å². The number of carbonyl (C=O) groups is 2. The number of anilines is 1. The number of carbonyl (C=O) groups excluding carboxylic acids is 2. The summed E-state index contributed by atoms with van der Waals surface area (Å²) in [6, 6.07) is 5.39. The monoisotopic (exact) mass is 205 g/mol. The molecular formula is C12H15NO2. The predicted octanol–water partition coefficient (Wildman–Crippen LogP) is 2.27. The number of hydrogen-bond acceptors (Lipinski definition) is 2. The maximum Gasteiger partial charge on any atom is 0.228 e. The fourth-order valence-corrected chi connectivity index (χ4v) is 1.72. The first kappa shape index (κ1) is 9.90. The van der Waals surface area contributed by atoms with Crippen molar-refractivity contribution >= 4 is 17.4 Å². The fraction of sp³-hybridized carbons (Fsp3) is 0.333. The molecule has 0 radical (unpaired) electrons. The molecule has 0 spiro atoms. The van der Waals surface area contributed by atoms with Crippen molar-refractivity contribution in [3.63, 3.8) is 0 Å². The lowest BCUT2D eigenvalue weighted by Crippen LogP contribution is -2.07. The average molecular weight is 205 g/mol. The highest BCUT2D eigenvalue weighted by Gasteiger charge is 2.19. The van der Waals surface area contributed by atoms with Crippen LogP contribution in [0.5, 0.6) is 0 Å². The molecule has 0 aromatic heterocycles. The number of nitrogens with one attached hydrogen (secondary N) is 1. The van der Waals surface area contributed by atoms with Crippen molar-refractivity contribution in [2.75, 3.05) is 5.32 Å². The summed E-state index contributed by atoms with van der Waals surface area (Å²) in [7, 11) is 0. The van der Waals surface area contributed by atoms with Crippen LogP contribution in [0.2, 0.25) is 0 Å². The van der Waals surface area contributed by atoms with Gasteiger partial charge in [0.1, 0.15) is 0 Å². The van der Waals surface area contributed by atoms with Crippen molar-refractivity contribution in [3.05, 3.63) is 29.3 Å². The molecule has 0 unspecified atom stereocenters. The Morgan fingerprint density at radius 3 is 2.87 bits per heavy atom. The molecule has 0 saturated carbocycles. The van der Waals surface area contributed by atoms with Crippen molar-refractivity contribution < 1.29 is 11.0 Å². The van der Waals surface area contributed by atoms with E-state index in [9.17, 15) is 9.59 Å². The highest BCUT2D eigenvalue weighted by molar-refractivity contribution is 6.02. The van der Waals surface area contributed by atoms with Crippen LogP contribution in [0.4, 0.5) is 5.69 Å². The largest absolute Gasteiger partial charge is 0.326 e. The number of benzene rings is 1. The maximum absolute atomic E-state index is 11.7. The molecule has 1 aromatic carbocycles. The average Bonchev–Trinajstić information content (AvgIpc) is 2.55. The summed E-state index contributed by atoms with van der Waals surface area (Å²) < 4.78 is 0. The van der Waals surface area contributed by atoms with Gasteiger partial charge in [0.25, 0.3) is 0 Å². The summed E-state index contributed by atoms with van der Waals surface area (Å²) >= 11 is 0. The Morgan fingerprint density at radius 1 is 1.47 bits per heavy atom. The van der Waals surface area contributed by atoms with E-state index < -0.39 is 0 Å². The van der Waals surface area contributed by atoms with E-state index in [1.807, 2.05) is 19.9 Å². The smallest absolute Gasteiger partial charge is 0.228 e. The van der Waals surface area contributed by atoms with Gasteiger partial charge in [-0.05, 0) is 23.8 Å². The standard InChI is InChI=1S/C12H13NO2.H2/c1-7(2)12(15)8-3-4-10-9(5-8)6-11(14)13-10;/h3-5,7H,6H2,1-2H3,(H,13,14);1H. The summed E-state index contributed by atoms with van der Waals surface area (Å²) in [5.74, 6) is 0.115. The Morgan fingerprint density at radius 2 is 2.20 bits per heavy atom. The van der Waals surface area contributed by atoms with Crippen LogP contribution in [-0.4, -0.2) is 11.7 Å². The summed E-state index contributed by atoms with van der Waals surface area (Å²) in [5, 5.41) is 2.74. The molecule has 1 aromatic rings. The quantitative estimate of drug-likeness (QED) is 0.753. The molecule has 1 heterocycles. The van der Waals surface area contributed by atoms with Crippen LogP contribution in [0.1, 0.15) is 31.2 Å². The molecule has 1 aliphatic heterocycles. The zero-order valence-electron chi connectivity index (χ0n) is 8.83. The molecule has 1 aliphatic rings. The van der Waals surface area contributed by atoms with E-state index in [1.165, 1.54) is 0 Å². The summed E-state index contributed by atoms with van der Waals surface area (Å²) in [5.41, 5.74) is 2.45. The number of fused-ring (bicyclic) bond motifs is 1. The normalized spacial score (nSPS) is 13.9. The van der Waals surface area contributed by atoms with Crippen LogP contribution in [0, 0.1) is 5.92 Å². The Kier molecular flexibility index (Phi) is 2.31. The van der Waals surface area contributed by atoms with Crippen LogP contribution in [0.25, 0.3) is 0 Å². The van der Waals surface area contributed by atoms with Gasteiger partial charge in [-0.2, -0.15) is 0 Å². The van der Waals surface area contributed by atoms with Gasteiger partial charge in [-0.1, -0.05) is 13.8 Å². The lowest BCUT2D eigenvalue weighted by atomic mass is 9.98. The molecular weight excluding hydrogens is 190 g/mol. The van der Waals surface area contributed by atoms with Gasteiger partial charge in [0.2, 0.25) is 5.91 Å². The van der Waals surface area contributed by atoms with Crippen molar-refractivity contribution in [1.29, 1.82) is 0 Å². The SMILES string of the molecule is CC(C)C(=O)c1ccc2c(c1)CC(=O)N2.[HH]. The van der Waals surface area contributed by atoms with Gasteiger partial charge in [-0.3, -0.25) is 9.59 Å². The predicted molar refractivity (Wildman–Crippen MR) is 60.1 cm³/mol. The Balaban J connectivity index is 0.00000128. The highest BCUT2D eigenvalue weighted by atomic mass is 16.1. The van der Waals surface area contributed by atoms with E-state index in [1.54, 1.807) is 12.1 Å². The maximum atomic E-state index is 11.7. The van der Waals surface area contributed by atoms with Gasteiger partial charge in [-0.25, -0.2) is 0 Å². The van der Waals surface area contributed by atoms with Gasteiger partial charge in [0, 0.05) is 18.6 Å². The Labute approximate surface area is 90.0 Å². The lowest BCUT2D eigenvalue weighted by molar-refractivity contribution is -0.115. The first-order valence-electron chi connectivity index (χ1n) is 5.05. The van der Waals surface area contributed by atoms with Crippen LogP contribution in [-0.2, 0) is 11.2 Å². The second kappa shape index (κ2) is 3.50. The van der Waals surface area contributed by atoms with E-state index in [4.69, 9.17) is 0 Å². The molecule has 0 saturated heterocycles. The number of hydrogen-bond donors (Lipinski definition) is 1. The minimum absolute atomic E-state index is 0. The highest BCUT2D eigenvalue weighted by Crippen LogP contribution is 2.24. The molecule has 0 aliphatic carbocycles. The molecule has 1 N–H and O–H groups in total. The van der Waals surface area contributed by atoms with Crippen molar-refractivity contribution in [2.45, 2.75) is 20.3 Å². The van der Waals surface area contributed by atoms with Crippen molar-refractivity contribution in [1.82, 2.24) is 0 Å². The van der Waals surface area contributed by atoms with E-state index in [2.05, 4.69) is 5.32 Å². The molecule has 3 nitrogen and oxygen atoms in total. The van der Waals surface area contributed by atoms with Crippen LogP contribution in [0.3, 0.4) is 0 Å². The minimum atomic E-state index is -0.00638. The second-order valence-electron chi connectivity index (χ2n) is 4.12. The molecule has 1 amide bonds. The first-order chi connectivity index (χ1) is 7.08. The number of Topliss-reactive ketones (excluding diaryl/α,β-unsaturated/α-hetero) is 1. The van der Waals surface area contributed by atoms with Gasteiger partial charge in [0.05, 0.1) is 6.42 Å². The van der Waals surface area contributed by atoms with E-state index in [0.717, 1.165) is 11.3 Å². The summed E-state index contributed by atoms with van der Waals surface area (Å²) in [6.07, 6.45) is 0.383. The van der Waals surface area contributed by atoms with Crippen molar-refractivity contribution in [2.24, 2.45) is 5.92 Å². The Hall–Kier alpha value is -1.64.